The van der Waals surface area contributed by atoms with Gasteiger partial charge in [0, 0.05) is 34.7 Å². The van der Waals surface area contributed by atoms with Crippen LogP contribution in [0.1, 0.15) is 23.6 Å². The molecule has 1 heterocycles. The SMILES string of the molecule is COc1ccc(-c2coc3c(C)c(OC)c(/C(C)=C/C(=O)NCCc4ccc(F)cc4)cc23)cc1. The van der Waals surface area contributed by atoms with E-state index in [4.69, 9.17) is 13.9 Å². The fourth-order valence-corrected chi connectivity index (χ4v) is 4.17. The summed E-state index contributed by atoms with van der Waals surface area (Å²) in [6.07, 6.45) is 3.93. The summed E-state index contributed by atoms with van der Waals surface area (Å²) in [6.45, 7) is 4.28. The van der Waals surface area contributed by atoms with Crippen LogP contribution >= 0.6 is 0 Å². The molecule has 0 saturated heterocycles. The van der Waals surface area contributed by atoms with Crippen molar-refractivity contribution in [2.75, 3.05) is 20.8 Å². The summed E-state index contributed by atoms with van der Waals surface area (Å²) in [6, 6.07) is 16.1. The Hall–Kier alpha value is -4.06. The van der Waals surface area contributed by atoms with Crippen LogP contribution in [0.3, 0.4) is 0 Å². The lowest BCUT2D eigenvalue weighted by Crippen LogP contribution is -2.23. The highest BCUT2D eigenvalue weighted by atomic mass is 19.1. The highest BCUT2D eigenvalue weighted by Gasteiger charge is 2.19. The number of rotatable bonds is 8. The molecule has 1 aromatic heterocycles. The standard InChI is InChI=1S/C29H28FNO4/c1-18(15-27(32)31-14-13-20-5-9-22(30)10-6-20)24-16-25-26(21-7-11-23(33-3)12-8-21)17-35-29(25)19(2)28(24)34-4/h5-12,15-17H,13-14H2,1-4H3,(H,31,32)/b18-15+. The molecule has 1 N–H and O–H groups in total. The second kappa shape index (κ2) is 10.5. The van der Waals surface area contributed by atoms with Gasteiger partial charge in [0.1, 0.15) is 22.9 Å². The predicted molar refractivity (Wildman–Crippen MR) is 136 cm³/mol. The number of amides is 1. The second-order valence-corrected chi connectivity index (χ2v) is 8.33. The molecule has 35 heavy (non-hydrogen) atoms. The van der Waals surface area contributed by atoms with Crippen molar-refractivity contribution in [3.05, 3.63) is 89.4 Å². The minimum Gasteiger partial charge on any atom is -0.497 e. The Morgan fingerprint density at radius 3 is 2.43 bits per heavy atom. The number of nitrogens with one attached hydrogen (secondary N) is 1. The maximum Gasteiger partial charge on any atom is 0.244 e. The van der Waals surface area contributed by atoms with E-state index in [9.17, 15) is 9.18 Å². The summed E-state index contributed by atoms with van der Waals surface area (Å²) in [7, 11) is 3.25. The molecule has 0 fully saturated rings. The van der Waals surface area contributed by atoms with Crippen LogP contribution in [0, 0.1) is 12.7 Å². The Kier molecular flexibility index (Phi) is 7.20. The number of hydrogen-bond acceptors (Lipinski definition) is 4. The molecule has 0 radical (unpaired) electrons. The monoisotopic (exact) mass is 473 g/mol. The van der Waals surface area contributed by atoms with Crippen molar-refractivity contribution in [2.45, 2.75) is 20.3 Å². The van der Waals surface area contributed by atoms with E-state index in [1.807, 2.05) is 44.2 Å². The first-order chi connectivity index (χ1) is 16.9. The highest BCUT2D eigenvalue weighted by molar-refractivity contribution is 6.01. The van der Waals surface area contributed by atoms with Gasteiger partial charge in [0.25, 0.3) is 0 Å². The van der Waals surface area contributed by atoms with Gasteiger partial charge in [-0.15, -0.1) is 0 Å². The van der Waals surface area contributed by atoms with Gasteiger partial charge in [-0.2, -0.15) is 0 Å². The fourth-order valence-electron chi connectivity index (χ4n) is 4.17. The van der Waals surface area contributed by atoms with Crippen LogP contribution in [0.4, 0.5) is 4.39 Å². The molecule has 1 amide bonds. The van der Waals surface area contributed by atoms with Crippen molar-refractivity contribution < 1.29 is 23.1 Å². The zero-order valence-corrected chi connectivity index (χ0v) is 20.3. The molecule has 0 bridgehead atoms. The number of aryl methyl sites for hydroxylation is 1. The smallest absolute Gasteiger partial charge is 0.244 e. The number of methoxy groups -OCH3 is 2. The van der Waals surface area contributed by atoms with Gasteiger partial charge >= 0.3 is 0 Å². The van der Waals surface area contributed by atoms with Gasteiger partial charge in [0.15, 0.2) is 0 Å². The number of ether oxygens (including phenoxy) is 2. The van der Waals surface area contributed by atoms with Crippen LogP contribution in [0.2, 0.25) is 0 Å². The van der Waals surface area contributed by atoms with E-state index < -0.39 is 0 Å². The maximum absolute atomic E-state index is 13.1. The average Bonchev–Trinajstić information content (AvgIpc) is 3.29. The molecule has 0 unspecified atom stereocenters. The third-order valence-corrected chi connectivity index (χ3v) is 6.05. The fraction of sp³-hybridized carbons (Fsp3) is 0.207. The van der Waals surface area contributed by atoms with Gasteiger partial charge in [-0.3, -0.25) is 4.79 Å². The lowest BCUT2D eigenvalue weighted by molar-refractivity contribution is -0.116. The Morgan fingerprint density at radius 1 is 1.06 bits per heavy atom. The zero-order chi connectivity index (χ0) is 24.9. The van der Waals surface area contributed by atoms with Gasteiger partial charge in [0.2, 0.25) is 5.91 Å². The van der Waals surface area contributed by atoms with Gasteiger partial charge in [-0.25, -0.2) is 4.39 Å². The number of carbonyl (C=O) groups is 1. The molecule has 0 atom stereocenters. The summed E-state index contributed by atoms with van der Waals surface area (Å²) >= 11 is 0. The molecule has 0 spiro atoms. The summed E-state index contributed by atoms with van der Waals surface area (Å²) < 4.78 is 29.9. The molecular weight excluding hydrogens is 445 g/mol. The first kappa shape index (κ1) is 24.1. The van der Waals surface area contributed by atoms with E-state index in [-0.39, 0.29) is 11.7 Å². The van der Waals surface area contributed by atoms with Crippen molar-refractivity contribution in [1.82, 2.24) is 5.32 Å². The number of benzene rings is 3. The first-order valence-corrected chi connectivity index (χ1v) is 11.4. The number of fused-ring (bicyclic) bond motifs is 1. The first-order valence-electron chi connectivity index (χ1n) is 11.4. The minimum absolute atomic E-state index is 0.202. The van der Waals surface area contributed by atoms with E-state index in [0.29, 0.717) is 18.7 Å². The Labute approximate surface area is 204 Å². The van der Waals surface area contributed by atoms with Crippen LogP contribution in [0.15, 0.2) is 71.4 Å². The Bertz CT molecular complexity index is 1370. The molecular formula is C29H28FNO4. The van der Waals surface area contributed by atoms with E-state index >= 15 is 0 Å². The van der Waals surface area contributed by atoms with Crippen molar-refractivity contribution in [3.8, 4) is 22.6 Å². The van der Waals surface area contributed by atoms with Crippen molar-refractivity contribution in [3.63, 3.8) is 0 Å². The summed E-state index contributed by atoms with van der Waals surface area (Å²) in [5.41, 5.74) is 6.11. The Balaban J connectivity index is 1.60. The van der Waals surface area contributed by atoms with Crippen LogP contribution in [0.5, 0.6) is 11.5 Å². The van der Waals surface area contributed by atoms with Gasteiger partial charge in [-0.05, 0) is 67.3 Å². The number of furan rings is 1. The van der Waals surface area contributed by atoms with Crippen molar-refractivity contribution >= 4 is 22.4 Å². The number of allylic oxidation sites excluding steroid dienone is 1. The highest BCUT2D eigenvalue weighted by Crippen LogP contribution is 2.40. The normalized spacial score (nSPS) is 11.5. The van der Waals surface area contributed by atoms with Gasteiger partial charge < -0.3 is 19.2 Å². The van der Waals surface area contributed by atoms with E-state index in [0.717, 1.165) is 50.1 Å². The molecule has 6 heteroatoms. The quantitative estimate of drug-likeness (QED) is 0.304. The molecule has 0 aliphatic carbocycles. The maximum atomic E-state index is 13.1. The average molecular weight is 474 g/mol. The Morgan fingerprint density at radius 2 is 1.77 bits per heavy atom. The van der Waals surface area contributed by atoms with Gasteiger partial charge in [0.05, 0.1) is 20.5 Å². The van der Waals surface area contributed by atoms with E-state index in [1.165, 1.54) is 12.1 Å². The van der Waals surface area contributed by atoms with E-state index in [2.05, 4.69) is 5.32 Å². The van der Waals surface area contributed by atoms with Crippen LogP contribution in [0.25, 0.3) is 27.7 Å². The molecule has 5 nitrogen and oxygen atoms in total. The lowest BCUT2D eigenvalue weighted by atomic mass is 9.96. The molecule has 0 aliphatic heterocycles. The number of hydrogen-bond donors (Lipinski definition) is 1. The molecule has 180 valence electrons. The molecule has 4 rings (SSSR count). The van der Waals surface area contributed by atoms with Crippen molar-refractivity contribution in [2.24, 2.45) is 0 Å². The van der Waals surface area contributed by atoms with Crippen molar-refractivity contribution in [1.29, 1.82) is 0 Å². The van der Waals surface area contributed by atoms with E-state index in [1.54, 1.807) is 38.7 Å². The lowest BCUT2D eigenvalue weighted by Gasteiger charge is -2.13. The molecule has 0 saturated carbocycles. The topological polar surface area (TPSA) is 60.7 Å². The van der Waals surface area contributed by atoms with Crippen LogP contribution in [-0.2, 0) is 11.2 Å². The summed E-state index contributed by atoms with van der Waals surface area (Å²) in [4.78, 5) is 12.6. The molecule has 0 aliphatic rings. The minimum atomic E-state index is -0.273. The zero-order valence-electron chi connectivity index (χ0n) is 20.3. The summed E-state index contributed by atoms with van der Waals surface area (Å²) in [5, 5.41) is 3.84. The van der Waals surface area contributed by atoms with Crippen LogP contribution < -0.4 is 14.8 Å². The van der Waals surface area contributed by atoms with Gasteiger partial charge in [-0.1, -0.05) is 24.3 Å². The number of carbonyl (C=O) groups excluding carboxylic acids is 1. The number of halogens is 1. The third-order valence-electron chi connectivity index (χ3n) is 6.05. The van der Waals surface area contributed by atoms with Crippen LogP contribution in [-0.4, -0.2) is 26.7 Å². The predicted octanol–water partition coefficient (Wildman–Crippen LogP) is 6.33. The molecule has 4 aromatic rings. The summed E-state index contributed by atoms with van der Waals surface area (Å²) in [5.74, 6) is 0.975. The third kappa shape index (κ3) is 5.22. The second-order valence-electron chi connectivity index (χ2n) is 8.33. The molecule has 3 aromatic carbocycles. The largest absolute Gasteiger partial charge is 0.497 e.